The molecule has 5 rings (SSSR count). The Labute approximate surface area is 160 Å². The highest BCUT2D eigenvalue weighted by Gasteiger charge is 2.45. The van der Waals surface area contributed by atoms with E-state index in [1.54, 1.807) is 12.1 Å². The van der Waals surface area contributed by atoms with Crippen LogP contribution >= 0.6 is 0 Å². The van der Waals surface area contributed by atoms with E-state index < -0.39 is 5.97 Å². The van der Waals surface area contributed by atoms with Crippen LogP contribution in [0, 0.1) is 17.2 Å². The summed E-state index contributed by atoms with van der Waals surface area (Å²) < 4.78 is 1.84. The number of carboxylic acids is 1. The number of fused-ring (bicyclic) bond motifs is 5. The molecule has 3 atom stereocenters. The number of aromatic carboxylic acids is 1. The summed E-state index contributed by atoms with van der Waals surface area (Å²) in [5, 5.41) is 37.3. The average molecular weight is 372 g/mol. The lowest BCUT2D eigenvalue weighted by Crippen LogP contribution is -2.35. The summed E-state index contributed by atoms with van der Waals surface area (Å²) in [5.41, 5.74) is 3.13. The normalized spacial score (nSPS) is 21.8. The topological polar surface area (TPSA) is 111 Å². The van der Waals surface area contributed by atoms with Crippen LogP contribution in [0.3, 0.4) is 0 Å². The number of para-hydroxylation sites is 1. The Balaban J connectivity index is 1.71. The number of aromatic hydroxyl groups is 1. The van der Waals surface area contributed by atoms with Gasteiger partial charge < -0.3 is 15.5 Å². The SMILES string of the molecule is N#Cc1cnn2c1NC(c1cccc(C(=O)O)c1O)C1Cc3ccccc3C12. The van der Waals surface area contributed by atoms with Gasteiger partial charge in [0.15, 0.2) is 0 Å². The van der Waals surface area contributed by atoms with Crippen molar-refractivity contribution in [3.8, 4) is 11.8 Å². The highest BCUT2D eigenvalue weighted by Crippen LogP contribution is 2.51. The van der Waals surface area contributed by atoms with Gasteiger partial charge in [-0.25, -0.2) is 9.48 Å². The van der Waals surface area contributed by atoms with Gasteiger partial charge in [0.05, 0.1) is 18.3 Å². The number of phenols is 1. The van der Waals surface area contributed by atoms with E-state index in [-0.39, 0.29) is 29.3 Å². The van der Waals surface area contributed by atoms with E-state index in [1.165, 1.54) is 17.8 Å². The summed E-state index contributed by atoms with van der Waals surface area (Å²) in [7, 11) is 0. The summed E-state index contributed by atoms with van der Waals surface area (Å²) in [6.07, 6.45) is 2.30. The van der Waals surface area contributed by atoms with Gasteiger partial charge >= 0.3 is 5.97 Å². The van der Waals surface area contributed by atoms with Gasteiger partial charge in [-0.15, -0.1) is 0 Å². The van der Waals surface area contributed by atoms with Crippen molar-refractivity contribution < 1.29 is 15.0 Å². The molecule has 138 valence electrons. The maximum Gasteiger partial charge on any atom is 0.339 e. The monoisotopic (exact) mass is 372 g/mol. The number of aromatic nitrogens is 2. The Morgan fingerprint density at radius 2 is 2.00 bits per heavy atom. The second-order valence-corrected chi connectivity index (χ2v) is 7.15. The number of carboxylic acid groups (broad SMARTS) is 1. The minimum Gasteiger partial charge on any atom is -0.507 e. The molecule has 1 aromatic heterocycles. The third kappa shape index (κ3) is 2.15. The van der Waals surface area contributed by atoms with Crippen LogP contribution in [-0.2, 0) is 6.42 Å². The van der Waals surface area contributed by atoms with E-state index in [4.69, 9.17) is 0 Å². The number of nitrogens with one attached hydrogen (secondary N) is 1. The molecule has 0 saturated carbocycles. The van der Waals surface area contributed by atoms with Crippen molar-refractivity contribution >= 4 is 11.8 Å². The van der Waals surface area contributed by atoms with Gasteiger partial charge in [-0.2, -0.15) is 10.4 Å². The largest absolute Gasteiger partial charge is 0.507 e. The number of benzene rings is 2. The number of hydrogen-bond donors (Lipinski definition) is 3. The van der Waals surface area contributed by atoms with Gasteiger partial charge in [-0.1, -0.05) is 36.4 Å². The first-order chi connectivity index (χ1) is 13.6. The smallest absolute Gasteiger partial charge is 0.339 e. The Morgan fingerprint density at radius 3 is 2.79 bits per heavy atom. The second-order valence-electron chi connectivity index (χ2n) is 7.15. The summed E-state index contributed by atoms with van der Waals surface area (Å²) in [4.78, 5) is 11.5. The molecule has 2 heterocycles. The Bertz CT molecular complexity index is 1160. The fourth-order valence-electron chi connectivity index (χ4n) is 4.56. The van der Waals surface area contributed by atoms with Crippen molar-refractivity contribution in [2.75, 3.05) is 5.32 Å². The number of rotatable bonds is 2. The highest BCUT2D eigenvalue weighted by molar-refractivity contribution is 5.91. The fourth-order valence-corrected chi connectivity index (χ4v) is 4.56. The Kier molecular flexibility index (Phi) is 3.43. The zero-order valence-corrected chi connectivity index (χ0v) is 14.7. The molecule has 0 bridgehead atoms. The lowest BCUT2D eigenvalue weighted by Gasteiger charge is -2.37. The maximum atomic E-state index is 11.5. The predicted octanol–water partition coefficient (Wildman–Crippen LogP) is 3.09. The molecule has 1 aliphatic carbocycles. The van der Waals surface area contributed by atoms with Crippen molar-refractivity contribution in [1.82, 2.24) is 9.78 Å². The lowest BCUT2D eigenvalue weighted by molar-refractivity contribution is 0.0693. The van der Waals surface area contributed by atoms with E-state index in [1.807, 2.05) is 16.8 Å². The molecule has 0 radical (unpaired) electrons. The van der Waals surface area contributed by atoms with Crippen molar-refractivity contribution in [3.05, 3.63) is 76.5 Å². The van der Waals surface area contributed by atoms with Crippen LogP contribution in [0.4, 0.5) is 5.82 Å². The second kappa shape index (κ2) is 5.86. The van der Waals surface area contributed by atoms with E-state index in [2.05, 4.69) is 28.6 Å². The third-order valence-electron chi connectivity index (χ3n) is 5.77. The van der Waals surface area contributed by atoms with Gasteiger partial charge in [0.1, 0.15) is 28.8 Å². The molecule has 1 aliphatic heterocycles. The molecule has 3 N–H and O–H groups in total. The van der Waals surface area contributed by atoms with Gasteiger partial charge in [0.2, 0.25) is 0 Å². The average Bonchev–Trinajstić information content (AvgIpc) is 3.28. The molecular formula is C21H16N4O3. The molecule has 2 aliphatic rings. The Hall–Kier alpha value is -3.79. The first kappa shape index (κ1) is 16.4. The number of anilines is 1. The minimum absolute atomic E-state index is 0.0197. The number of carbonyl (C=O) groups is 1. The van der Waals surface area contributed by atoms with Gasteiger partial charge in [0, 0.05) is 11.5 Å². The molecule has 7 nitrogen and oxygen atoms in total. The molecule has 0 amide bonds. The molecule has 0 saturated heterocycles. The van der Waals surface area contributed by atoms with E-state index in [0.29, 0.717) is 16.9 Å². The van der Waals surface area contributed by atoms with Gasteiger partial charge in [-0.05, 0) is 23.6 Å². The fraction of sp³-hybridized carbons (Fsp3) is 0.190. The van der Waals surface area contributed by atoms with Crippen molar-refractivity contribution in [2.45, 2.75) is 18.5 Å². The van der Waals surface area contributed by atoms with Gasteiger partial charge in [0.25, 0.3) is 0 Å². The van der Waals surface area contributed by atoms with Crippen molar-refractivity contribution in [1.29, 1.82) is 5.26 Å². The molecule has 2 aromatic carbocycles. The number of nitriles is 1. The Morgan fingerprint density at radius 1 is 1.21 bits per heavy atom. The van der Waals surface area contributed by atoms with Crippen LogP contribution in [0.1, 0.15) is 44.7 Å². The molecule has 0 fully saturated rings. The zero-order valence-electron chi connectivity index (χ0n) is 14.7. The molecule has 3 aromatic rings. The van der Waals surface area contributed by atoms with Crippen molar-refractivity contribution in [3.63, 3.8) is 0 Å². The zero-order chi connectivity index (χ0) is 19.4. The molecule has 0 spiro atoms. The first-order valence-electron chi connectivity index (χ1n) is 8.97. The molecule has 28 heavy (non-hydrogen) atoms. The van der Waals surface area contributed by atoms with Gasteiger partial charge in [-0.3, -0.25) is 0 Å². The predicted molar refractivity (Wildman–Crippen MR) is 100 cm³/mol. The van der Waals surface area contributed by atoms with Crippen LogP contribution in [0.5, 0.6) is 5.75 Å². The van der Waals surface area contributed by atoms with E-state index in [0.717, 1.165) is 12.0 Å². The summed E-state index contributed by atoms with van der Waals surface area (Å²) in [6, 6.07) is 14.6. The number of hydrogen-bond acceptors (Lipinski definition) is 5. The van der Waals surface area contributed by atoms with Crippen molar-refractivity contribution in [2.24, 2.45) is 5.92 Å². The van der Waals surface area contributed by atoms with Crippen LogP contribution < -0.4 is 5.32 Å². The summed E-state index contributed by atoms with van der Waals surface area (Å²) in [5.74, 6) is -0.810. The van der Waals surface area contributed by atoms with Crippen LogP contribution in [0.2, 0.25) is 0 Å². The van der Waals surface area contributed by atoms with Crippen LogP contribution in [0.25, 0.3) is 0 Å². The van der Waals surface area contributed by atoms with E-state index in [9.17, 15) is 20.3 Å². The summed E-state index contributed by atoms with van der Waals surface area (Å²) in [6.45, 7) is 0. The third-order valence-corrected chi connectivity index (χ3v) is 5.77. The quantitative estimate of drug-likeness (QED) is 0.637. The summed E-state index contributed by atoms with van der Waals surface area (Å²) >= 11 is 0. The minimum atomic E-state index is -1.18. The standard InChI is InChI=1S/C21H16N4O3/c22-9-12-10-23-25-18-13-5-2-1-4-11(13)8-16(18)17(24-20(12)25)14-6-3-7-15(19(14)26)21(27)28/h1-7,10,16-18,24,26H,8H2,(H,27,28). The highest BCUT2D eigenvalue weighted by atomic mass is 16.4. The number of nitrogens with zero attached hydrogens (tertiary/aromatic N) is 3. The van der Waals surface area contributed by atoms with E-state index >= 15 is 0 Å². The maximum absolute atomic E-state index is 11.5. The molecule has 3 unspecified atom stereocenters. The first-order valence-corrected chi connectivity index (χ1v) is 8.97. The molecular weight excluding hydrogens is 356 g/mol. The molecule has 7 heteroatoms. The van der Waals surface area contributed by atoms with Crippen LogP contribution in [0.15, 0.2) is 48.7 Å². The van der Waals surface area contributed by atoms with Crippen LogP contribution in [-0.4, -0.2) is 26.0 Å². The lowest BCUT2D eigenvalue weighted by atomic mass is 9.84.